The van der Waals surface area contributed by atoms with Gasteiger partial charge in [0.15, 0.2) is 6.10 Å². The number of carbonyl (C=O) groups is 3. The Morgan fingerprint density at radius 1 is 0.266 bits per heavy atom. The summed E-state index contributed by atoms with van der Waals surface area (Å²) in [5.74, 6) is -1.59. The molecule has 0 fully saturated rings. The first-order chi connectivity index (χ1) is 53.2. The number of hydrogen-bond acceptors (Lipinski definition) is 14. The normalized spacial score (nSPS) is 14.5. The minimum absolute atomic E-state index is 0.0857. The predicted molar refractivity (Wildman–Crippen MR) is 454 cm³/mol. The van der Waals surface area contributed by atoms with Gasteiger partial charge in [-0.2, -0.15) is 0 Å². The summed E-state index contributed by atoms with van der Waals surface area (Å²) in [4.78, 5) is 58.7. The first-order valence-electron chi connectivity index (χ1n) is 43.5. The average molecular weight is 1570 g/mol. The summed E-state index contributed by atoms with van der Waals surface area (Å²) in [6.45, 7) is 2.49. The number of rotatable bonds is 82. The van der Waals surface area contributed by atoms with Crippen molar-refractivity contribution in [3.05, 3.63) is 134 Å². The molecule has 0 aliphatic rings. The van der Waals surface area contributed by atoms with Crippen LogP contribution in [0, 0.1) is 0 Å². The second-order valence-electron chi connectivity index (χ2n) is 29.0. The third kappa shape index (κ3) is 84.4. The van der Waals surface area contributed by atoms with Gasteiger partial charge < -0.3 is 34.2 Å². The van der Waals surface area contributed by atoms with Gasteiger partial charge in [0.25, 0.3) is 0 Å². The van der Waals surface area contributed by atoms with E-state index in [0.717, 1.165) is 154 Å². The second-order valence-corrected chi connectivity index (χ2v) is 31.9. The lowest BCUT2D eigenvalue weighted by molar-refractivity contribution is -0.161. The summed E-state index contributed by atoms with van der Waals surface area (Å²) in [6, 6.07) is 0. The Hall–Kier alpha value is -4.31. The van der Waals surface area contributed by atoms with Crippen LogP contribution in [0.3, 0.4) is 0 Å². The fourth-order valence-corrected chi connectivity index (χ4v) is 13.3. The lowest BCUT2D eigenvalue weighted by atomic mass is 10.0. The quantitative estimate of drug-likeness (QED) is 0.0146. The summed E-state index contributed by atoms with van der Waals surface area (Å²) in [7, 11) is -9.80. The van der Waals surface area contributed by atoms with Gasteiger partial charge in [-0.05, 0) is 135 Å². The minimum Gasteiger partial charge on any atom is -0.463 e. The Labute approximate surface area is 665 Å². The summed E-state index contributed by atoms with van der Waals surface area (Å²) in [5.41, 5.74) is 0. The van der Waals surface area contributed by atoms with Crippen molar-refractivity contribution < 1.29 is 75.8 Å². The van der Waals surface area contributed by atoms with Crippen LogP contribution in [-0.2, 0) is 55.8 Å². The number of aliphatic hydroxyl groups is 2. The summed E-state index contributed by atoms with van der Waals surface area (Å²) >= 11 is 0. The molecule has 0 amide bonds. The molecule has 0 aromatic carbocycles. The monoisotopic (exact) mass is 1570 g/mol. The topological polar surface area (TPSA) is 231 Å². The first kappa shape index (κ1) is 105. The molecule has 628 valence electrons. The predicted octanol–water partition coefficient (Wildman–Crippen LogP) is 26.2. The van der Waals surface area contributed by atoms with E-state index in [2.05, 4.69) is 154 Å². The fourth-order valence-electron chi connectivity index (χ4n) is 11.7. The molecule has 0 spiro atoms. The van der Waals surface area contributed by atoms with Gasteiger partial charge in [0.05, 0.1) is 26.4 Å². The highest BCUT2D eigenvalue weighted by Gasteiger charge is 2.29. The van der Waals surface area contributed by atoms with Crippen LogP contribution in [0.15, 0.2) is 134 Å². The number of hydrogen-bond donors (Lipinski definition) is 4. The van der Waals surface area contributed by atoms with Gasteiger partial charge in [-0.25, -0.2) is 9.13 Å². The number of carbonyl (C=O) groups excluding carboxylic acids is 3. The SMILES string of the molecule is CC/C=C\C/C=C\C/C=C\C/C=C\C/C=C\CCCCCCCCCCCCCCCCCCCCCC(=O)OCC(O)COP(=O)(O)OCC(O)COP(=O)(O)OCC(COC(=O)CCCCCCCCCCC/C=C\C/C=C\C/C=C\C/C=C\CCCCC)OC(=O)CCCCCCC/C=C\C/C=C\CCC. The van der Waals surface area contributed by atoms with Crippen molar-refractivity contribution in [3.63, 3.8) is 0 Å². The third-order valence-corrected chi connectivity index (χ3v) is 20.2. The molecule has 0 aliphatic carbocycles. The molecule has 0 aromatic rings. The van der Waals surface area contributed by atoms with E-state index in [4.69, 9.17) is 32.3 Å². The third-order valence-electron chi connectivity index (χ3n) is 18.3. The van der Waals surface area contributed by atoms with Crippen LogP contribution >= 0.6 is 15.6 Å². The molecule has 0 rings (SSSR count). The van der Waals surface area contributed by atoms with Gasteiger partial charge in [0.2, 0.25) is 0 Å². The number of esters is 3. The van der Waals surface area contributed by atoms with E-state index in [1.54, 1.807) is 0 Å². The van der Waals surface area contributed by atoms with Crippen molar-refractivity contribution in [2.24, 2.45) is 0 Å². The van der Waals surface area contributed by atoms with Crippen LogP contribution in [0.25, 0.3) is 0 Å². The molecule has 16 nitrogen and oxygen atoms in total. The minimum atomic E-state index is -4.94. The number of aliphatic hydroxyl groups excluding tert-OH is 2. The molecule has 0 bridgehead atoms. The number of allylic oxidation sites excluding steroid dienone is 22. The van der Waals surface area contributed by atoms with Gasteiger partial charge in [-0.15, -0.1) is 0 Å². The Balaban J connectivity index is 4.39. The molecular weight excluding hydrogens is 1410 g/mol. The highest BCUT2D eigenvalue weighted by atomic mass is 31.2. The standard InChI is InChI=1S/C91H158O16P2/c1-4-7-10-13-16-19-22-25-27-29-31-33-35-37-38-39-40-41-42-43-44-45-46-48-50-51-53-55-57-60-62-65-68-71-74-77-89(94)101-80-86(92)81-103-108(97,98)104-82-87(93)83-105-109(99,100)106-85-88(107-91(96)79-76-73-70-67-64-59-24-21-18-15-12-9-6-3)84-102-90(95)78-75-72-69-66-63-61-58-56-54-52-49-47-36-34-32-30-28-26-23-20-17-14-11-8-5-2/h7,10,12,15-17,19-21,24-28,31-34,37-38,47,49,86-88,92-93H,4-6,8-9,11,13-14,18,22-23,29-30,35-36,39-46,48,50-85H2,1-3H3,(H,97,98)(H,99,100)/b10-7-,15-12-,19-16-,20-17-,24-21-,27-25-,28-26-,33-31-,34-32-,38-37-,49-47-. The molecule has 5 unspecified atom stereocenters. The fraction of sp³-hybridized carbons (Fsp3) is 0.725. The zero-order chi connectivity index (χ0) is 79.4. The lowest BCUT2D eigenvalue weighted by Crippen LogP contribution is -2.30. The second kappa shape index (κ2) is 83.1. The zero-order valence-corrected chi connectivity index (χ0v) is 70.7. The van der Waals surface area contributed by atoms with E-state index < -0.39 is 91.5 Å². The van der Waals surface area contributed by atoms with Crippen molar-refractivity contribution in [1.29, 1.82) is 0 Å². The molecule has 0 saturated heterocycles. The van der Waals surface area contributed by atoms with Crippen molar-refractivity contribution in [2.45, 2.75) is 386 Å². The molecule has 0 aromatic heterocycles. The summed E-state index contributed by atoms with van der Waals surface area (Å²) < 4.78 is 61.2. The number of unbranched alkanes of at least 4 members (excludes halogenated alkanes) is 37. The van der Waals surface area contributed by atoms with Crippen LogP contribution in [0.4, 0.5) is 0 Å². The average Bonchev–Trinajstić information content (AvgIpc) is 0.905. The van der Waals surface area contributed by atoms with Crippen LogP contribution < -0.4 is 0 Å². The van der Waals surface area contributed by atoms with Crippen LogP contribution in [0.2, 0.25) is 0 Å². The van der Waals surface area contributed by atoms with Crippen molar-refractivity contribution >= 4 is 33.6 Å². The van der Waals surface area contributed by atoms with Crippen LogP contribution in [-0.4, -0.2) is 95.9 Å². The molecule has 109 heavy (non-hydrogen) atoms. The van der Waals surface area contributed by atoms with Crippen molar-refractivity contribution in [3.8, 4) is 0 Å². The maximum atomic E-state index is 13.0. The van der Waals surface area contributed by atoms with E-state index in [9.17, 15) is 43.5 Å². The van der Waals surface area contributed by atoms with E-state index in [1.807, 2.05) is 0 Å². The highest BCUT2D eigenvalue weighted by molar-refractivity contribution is 7.47. The maximum absolute atomic E-state index is 13.0. The Bertz CT molecular complexity index is 2510. The first-order valence-corrected chi connectivity index (χ1v) is 46.5. The molecule has 0 radical (unpaired) electrons. The Morgan fingerprint density at radius 2 is 0.505 bits per heavy atom. The molecule has 4 N–H and O–H groups in total. The number of phosphoric ester groups is 2. The van der Waals surface area contributed by atoms with Crippen LogP contribution in [0.1, 0.15) is 367 Å². The molecule has 18 heteroatoms. The molecule has 0 aliphatic heterocycles. The molecular formula is C91H158O16P2. The lowest BCUT2D eigenvalue weighted by Gasteiger charge is -2.21. The van der Waals surface area contributed by atoms with Crippen molar-refractivity contribution in [2.75, 3.05) is 39.6 Å². The van der Waals surface area contributed by atoms with Gasteiger partial charge >= 0.3 is 33.6 Å². The largest absolute Gasteiger partial charge is 0.472 e. The Morgan fingerprint density at radius 3 is 0.807 bits per heavy atom. The molecule has 0 heterocycles. The number of ether oxygens (including phenoxy) is 3. The van der Waals surface area contributed by atoms with E-state index in [0.29, 0.717) is 19.3 Å². The molecule has 5 atom stereocenters. The van der Waals surface area contributed by atoms with Gasteiger partial charge in [-0.1, -0.05) is 347 Å². The van der Waals surface area contributed by atoms with Gasteiger partial charge in [-0.3, -0.25) is 32.5 Å². The zero-order valence-electron chi connectivity index (χ0n) is 68.9. The summed E-state index contributed by atoms with van der Waals surface area (Å²) in [5, 5.41) is 20.7. The maximum Gasteiger partial charge on any atom is 0.472 e. The van der Waals surface area contributed by atoms with Gasteiger partial charge in [0, 0.05) is 19.3 Å². The van der Waals surface area contributed by atoms with E-state index in [1.165, 1.54) is 154 Å². The van der Waals surface area contributed by atoms with E-state index >= 15 is 0 Å². The van der Waals surface area contributed by atoms with Crippen molar-refractivity contribution in [1.82, 2.24) is 0 Å². The molecule has 0 saturated carbocycles. The number of phosphoric acid groups is 2. The van der Waals surface area contributed by atoms with E-state index in [-0.39, 0.29) is 19.3 Å². The highest BCUT2D eigenvalue weighted by Crippen LogP contribution is 2.45. The van der Waals surface area contributed by atoms with Crippen LogP contribution in [0.5, 0.6) is 0 Å². The van der Waals surface area contributed by atoms with Gasteiger partial charge in [0.1, 0.15) is 25.4 Å². The Kier molecular flexibility index (Phi) is 79.8. The summed E-state index contributed by atoms with van der Waals surface area (Å²) in [6.07, 6.45) is 102. The smallest absolute Gasteiger partial charge is 0.463 e.